The summed E-state index contributed by atoms with van der Waals surface area (Å²) in [7, 11) is 0. The van der Waals surface area contributed by atoms with Gasteiger partial charge in [0.2, 0.25) is 0 Å². The summed E-state index contributed by atoms with van der Waals surface area (Å²) in [6.07, 6.45) is -0.835. The number of carbonyl (C=O) groups is 2. The number of esters is 1. The highest BCUT2D eigenvalue weighted by Crippen LogP contribution is 2.22. The lowest BCUT2D eigenvalue weighted by Crippen LogP contribution is -2.32. The third-order valence-corrected chi connectivity index (χ3v) is 1.96. The van der Waals surface area contributed by atoms with Crippen molar-refractivity contribution in [2.24, 2.45) is 0 Å². The van der Waals surface area contributed by atoms with Gasteiger partial charge in [-0.05, 0) is 33.6 Å². The highest BCUT2D eigenvalue weighted by molar-refractivity contribution is 5.78. The monoisotopic (exact) mass is 216 g/mol. The summed E-state index contributed by atoms with van der Waals surface area (Å²) < 4.78 is 10.1. The first-order chi connectivity index (χ1) is 6.79. The predicted octanol–water partition coefficient (Wildman–Crippen LogP) is 0.960. The number of aliphatic carboxylic acids is 1. The van der Waals surface area contributed by atoms with Gasteiger partial charge in [0.1, 0.15) is 5.60 Å². The molecule has 0 spiro atoms. The maximum atomic E-state index is 11.5. The molecule has 0 aromatic carbocycles. The van der Waals surface area contributed by atoms with E-state index >= 15 is 0 Å². The van der Waals surface area contributed by atoms with Crippen LogP contribution in [-0.2, 0) is 19.1 Å². The molecule has 0 aliphatic carbocycles. The molecule has 0 aromatic rings. The number of carbonyl (C=O) groups excluding carboxylic acids is 1. The fraction of sp³-hybridized carbons (Fsp3) is 0.800. The maximum Gasteiger partial charge on any atom is 0.335 e. The first kappa shape index (κ1) is 12.0. The minimum absolute atomic E-state index is 0.360. The number of carboxylic acids is 1. The topological polar surface area (TPSA) is 72.8 Å². The lowest BCUT2D eigenvalue weighted by molar-refractivity contribution is -0.170. The van der Waals surface area contributed by atoms with Crippen LogP contribution in [0.1, 0.15) is 33.6 Å². The molecule has 0 saturated carbocycles. The molecule has 0 aromatic heterocycles. The highest BCUT2D eigenvalue weighted by atomic mass is 16.6. The second kappa shape index (κ2) is 4.18. The molecule has 0 unspecified atom stereocenters. The zero-order valence-corrected chi connectivity index (χ0v) is 9.15. The van der Waals surface area contributed by atoms with Crippen molar-refractivity contribution in [3.05, 3.63) is 0 Å². The van der Waals surface area contributed by atoms with Crippen LogP contribution in [0.15, 0.2) is 0 Å². The second-order valence-corrected chi connectivity index (χ2v) is 4.56. The zero-order valence-electron chi connectivity index (χ0n) is 9.15. The van der Waals surface area contributed by atoms with Gasteiger partial charge in [0, 0.05) is 0 Å². The summed E-state index contributed by atoms with van der Waals surface area (Å²) in [5, 5.41) is 8.67. The van der Waals surface area contributed by atoms with E-state index in [9.17, 15) is 9.59 Å². The van der Waals surface area contributed by atoms with Gasteiger partial charge in [0.15, 0.2) is 12.2 Å². The molecule has 1 N–H and O–H groups in total. The quantitative estimate of drug-likeness (QED) is 0.696. The van der Waals surface area contributed by atoms with E-state index in [2.05, 4.69) is 0 Å². The molecule has 5 nitrogen and oxygen atoms in total. The maximum absolute atomic E-state index is 11.5. The van der Waals surface area contributed by atoms with Crippen LogP contribution >= 0.6 is 0 Å². The predicted molar refractivity (Wildman–Crippen MR) is 51.4 cm³/mol. The van der Waals surface area contributed by atoms with Crippen LogP contribution in [0.5, 0.6) is 0 Å². The number of rotatable bonds is 2. The number of ether oxygens (including phenoxy) is 2. The van der Waals surface area contributed by atoms with Crippen molar-refractivity contribution in [1.82, 2.24) is 0 Å². The van der Waals surface area contributed by atoms with Gasteiger partial charge in [-0.25, -0.2) is 9.59 Å². The first-order valence-corrected chi connectivity index (χ1v) is 4.91. The Bertz CT molecular complexity index is 265. The fourth-order valence-electron chi connectivity index (χ4n) is 1.36. The van der Waals surface area contributed by atoms with Crippen molar-refractivity contribution in [1.29, 1.82) is 0 Å². The molecule has 1 heterocycles. The fourth-order valence-corrected chi connectivity index (χ4v) is 1.36. The summed E-state index contributed by atoms with van der Waals surface area (Å²) in [6.45, 7) is 5.28. The van der Waals surface area contributed by atoms with Gasteiger partial charge >= 0.3 is 11.9 Å². The second-order valence-electron chi connectivity index (χ2n) is 4.56. The molecular formula is C10H16O5. The van der Waals surface area contributed by atoms with E-state index in [1.54, 1.807) is 20.8 Å². The van der Waals surface area contributed by atoms with Crippen molar-refractivity contribution in [3.8, 4) is 0 Å². The van der Waals surface area contributed by atoms with Gasteiger partial charge in [0.25, 0.3) is 0 Å². The van der Waals surface area contributed by atoms with Crippen LogP contribution in [0.25, 0.3) is 0 Å². The number of hydrogen-bond donors (Lipinski definition) is 1. The molecule has 5 heteroatoms. The Balaban J connectivity index is 2.47. The Hall–Kier alpha value is -1.10. The van der Waals surface area contributed by atoms with Gasteiger partial charge in [-0.1, -0.05) is 0 Å². The Morgan fingerprint density at radius 1 is 1.27 bits per heavy atom. The Labute approximate surface area is 88.4 Å². The lowest BCUT2D eigenvalue weighted by Gasteiger charge is -2.21. The van der Waals surface area contributed by atoms with E-state index in [-0.39, 0.29) is 0 Å². The van der Waals surface area contributed by atoms with Crippen molar-refractivity contribution in [3.63, 3.8) is 0 Å². The number of carboxylic acid groups (broad SMARTS) is 1. The van der Waals surface area contributed by atoms with E-state index in [4.69, 9.17) is 14.6 Å². The summed E-state index contributed by atoms with van der Waals surface area (Å²) in [5.74, 6) is -1.51. The molecule has 1 aliphatic heterocycles. The van der Waals surface area contributed by atoms with Gasteiger partial charge in [-0.15, -0.1) is 0 Å². The number of hydrogen-bond acceptors (Lipinski definition) is 4. The van der Waals surface area contributed by atoms with Crippen molar-refractivity contribution >= 4 is 11.9 Å². The highest BCUT2D eigenvalue weighted by Gasteiger charge is 2.36. The van der Waals surface area contributed by atoms with Gasteiger partial charge in [0.05, 0.1) is 0 Å². The molecule has 15 heavy (non-hydrogen) atoms. The summed E-state index contributed by atoms with van der Waals surface area (Å²) in [5.41, 5.74) is -0.568. The molecule has 0 bridgehead atoms. The minimum Gasteiger partial charge on any atom is -0.479 e. The van der Waals surface area contributed by atoms with Crippen molar-refractivity contribution in [2.45, 2.75) is 51.4 Å². The largest absolute Gasteiger partial charge is 0.479 e. The molecule has 1 fully saturated rings. The van der Waals surface area contributed by atoms with Crippen LogP contribution in [0, 0.1) is 0 Å². The lowest BCUT2D eigenvalue weighted by atomic mass is 10.1. The minimum atomic E-state index is -1.03. The molecule has 0 radical (unpaired) electrons. The summed E-state index contributed by atoms with van der Waals surface area (Å²) in [6, 6.07) is 0. The van der Waals surface area contributed by atoms with Crippen LogP contribution in [0.2, 0.25) is 0 Å². The molecule has 1 rings (SSSR count). The van der Waals surface area contributed by atoms with Crippen LogP contribution < -0.4 is 0 Å². The van der Waals surface area contributed by atoms with E-state index in [1.165, 1.54) is 0 Å². The Kier molecular flexibility index (Phi) is 3.34. The van der Waals surface area contributed by atoms with Crippen LogP contribution in [-0.4, -0.2) is 34.9 Å². The van der Waals surface area contributed by atoms with Crippen molar-refractivity contribution in [2.75, 3.05) is 0 Å². The summed E-state index contributed by atoms with van der Waals surface area (Å²) in [4.78, 5) is 22.1. The van der Waals surface area contributed by atoms with E-state index in [1.807, 2.05) is 0 Å². The average Bonchev–Trinajstić information content (AvgIpc) is 2.47. The zero-order chi connectivity index (χ0) is 11.6. The first-order valence-electron chi connectivity index (χ1n) is 4.91. The van der Waals surface area contributed by atoms with Gasteiger partial charge in [-0.3, -0.25) is 0 Å². The molecule has 1 aliphatic rings. The molecule has 1 saturated heterocycles. The molecule has 86 valence electrons. The summed E-state index contributed by atoms with van der Waals surface area (Å²) >= 11 is 0. The van der Waals surface area contributed by atoms with Crippen LogP contribution in [0.3, 0.4) is 0 Å². The Morgan fingerprint density at radius 3 is 2.20 bits per heavy atom. The van der Waals surface area contributed by atoms with Gasteiger partial charge in [-0.2, -0.15) is 0 Å². The Morgan fingerprint density at radius 2 is 1.80 bits per heavy atom. The van der Waals surface area contributed by atoms with E-state index in [0.717, 1.165) is 0 Å². The van der Waals surface area contributed by atoms with Crippen LogP contribution in [0.4, 0.5) is 0 Å². The SMILES string of the molecule is CC(C)(C)OC(=O)[C@@H]1CC[C@H](C(=O)O)O1. The molecular weight excluding hydrogens is 200 g/mol. The van der Waals surface area contributed by atoms with Crippen molar-refractivity contribution < 1.29 is 24.2 Å². The molecule has 2 atom stereocenters. The molecule has 0 amide bonds. The normalized spacial score (nSPS) is 26.3. The van der Waals surface area contributed by atoms with E-state index in [0.29, 0.717) is 12.8 Å². The van der Waals surface area contributed by atoms with Gasteiger partial charge < -0.3 is 14.6 Å². The standard InChI is InChI=1S/C10H16O5/c1-10(2,3)15-9(13)7-5-4-6(14-7)8(11)12/h6-7H,4-5H2,1-3H3,(H,11,12)/t6-,7+/m1/s1. The third kappa shape index (κ3) is 3.51. The smallest absolute Gasteiger partial charge is 0.335 e. The average molecular weight is 216 g/mol. The third-order valence-electron chi connectivity index (χ3n) is 1.96. The van der Waals surface area contributed by atoms with E-state index < -0.39 is 29.7 Å².